The number of carbonyl (C=O) groups excluding carboxylic acids is 1. The summed E-state index contributed by atoms with van der Waals surface area (Å²) in [6.45, 7) is 5.61. The summed E-state index contributed by atoms with van der Waals surface area (Å²) in [5.41, 5.74) is 4.61. The highest BCUT2D eigenvalue weighted by Gasteiger charge is 2.27. The molecule has 0 spiro atoms. The molecule has 1 aliphatic heterocycles. The summed E-state index contributed by atoms with van der Waals surface area (Å²) in [7, 11) is 2.08. The number of hydrogen-bond donors (Lipinski definition) is 0. The van der Waals surface area contributed by atoms with Gasteiger partial charge in [0.25, 0.3) is 0 Å². The number of thioether (sulfide) groups is 1. The van der Waals surface area contributed by atoms with Gasteiger partial charge in [-0.15, -0.1) is 0 Å². The molecule has 0 saturated heterocycles. The predicted octanol–water partition coefficient (Wildman–Crippen LogP) is 3.65. The highest BCUT2D eigenvalue weighted by Crippen LogP contribution is 2.38. The average molecular weight is 382 g/mol. The Bertz CT molecular complexity index is 877. The number of esters is 1. The molecule has 0 amide bonds. The maximum Gasteiger partial charge on any atom is 0.319 e. The number of carbonyl (C=O) groups is 1. The van der Waals surface area contributed by atoms with Gasteiger partial charge in [-0.25, -0.2) is 4.98 Å². The van der Waals surface area contributed by atoms with E-state index in [0.717, 1.165) is 41.9 Å². The van der Waals surface area contributed by atoms with E-state index in [4.69, 9.17) is 9.72 Å². The molecule has 140 valence electrons. The molecule has 1 aromatic heterocycles. The number of hydrogen-bond acceptors (Lipinski definition) is 6. The molecule has 2 aromatic rings. The van der Waals surface area contributed by atoms with Crippen molar-refractivity contribution in [2.24, 2.45) is 0 Å². The van der Waals surface area contributed by atoms with Crippen LogP contribution in [0.25, 0.3) is 11.1 Å². The fourth-order valence-electron chi connectivity index (χ4n) is 3.26. The lowest BCUT2D eigenvalue weighted by molar-refractivity contribution is -0.142. The second-order valence-electron chi connectivity index (χ2n) is 6.57. The van der Waals surface area contributed by atoms with Crippen molar-refractivity contribution >= 4 is 17.7 Å². The molecule has 3 rings (SSSR count). The smallest absolute Gasteiger partial charge is 0.319 e. The first-order valence-electron chi connectivity index (χ1n) is 9.08. The Balaban J connectivity index is 2.13. The minimum atomic E-state index is -0.419. The third-order valence-electron chi connectivity index (χ3n) is 4.59. The monoisotopic (exact) mass is 381 g/mol. The zero-order valence-corrected chi connectivity index (χ0v) is 16.7. The molecule has 27 heavy (non-hydrogen) atoms. The Morgan fingerprint density at radius 2 is 2.15 bits per heavy atom. The van der Waals surface area contributed by atoms with Crippen molar-refractivity contribution in [3.8, 4) is 17.2 Å². The summed E-state index contributed by atoms with van der Waals surface area (Å²) >= 11 is 1.30. The molecule has 5 nitrogen and oxygen atoms in total. The molecule has 0 bridgehead atoms. The van der Waals surface area contributed by atoms with Gasteiger partial charge < -0.3 is 9.64 Å². The molecule has 2 heterocycles. The molecule has 1 aromatic carbocycles. The zero-order valence-electron chi connectivity index (χ0n) is 15.9. The summed E-state index contributed by atoms with van der Waals surface area (Å²) in [5.74, 6) is -0.285. The SMILES string of the molecule is CCOC(=O)C(C)Sc1nc2c(c(-c3ccccc3)c1C#N)CN(C)CC2. The fraction of sp³-hybridized carbons (Fsp3) is 0.381. The van der Waals surface area contributed by atoms with Crippen molar-refractivity contribution in [2.75, 3.05) is 20.2 Å². The lowest BCUT2D eigenvalue weighted by atomic mass is 9.92. The van der Waals surface area contributed by atoms with E-state index in [2.05, 4.69) is 18.0 Å². The molecular formula is C21H23N3O2S. The van der Waals surface area contributed by atoms with Crippen molar-refractivity contribution < 1.29 is 9.53 Å². The first-order valence-corrected chi connectivity index (χ1v) is 9.96. The number of ether oxygens (including phenoxy) is 1. The molecule has 1 unspecified atom stereocenters. The molecule has 0 saturated carbocycles. The number of likely N-dealkylation sites (N-methyl/N-ethyl adjacent to an activating group) is 1. The van der Waals surface area contributed by atoms with Gasteiger partial charge in [0.2, 0.25) is 0 Å². The van der Waals surface area contributed by atoms with Crippen LogP contribution in [-0.2, 0) is 22.5 Å². The van der Waals surface area contributed by atoms with Crippen LogP contribution in [0.2, 0.25) is 0 Å². The highest BCUT2D eigenvalue weighted by atomic mass is 32.2. The van der Waals surface area contributed by atoms with Gasteiger partial charge >= 0.3 is 5.97 Å². The number of pyridine rings is 1. The van der Waals surface area contributed by atoms with Crippen molar-refractivity contribution in [2.45, 2.75) is 37.1 Å². The van der Waals surface area contributed by atoms with Gasteiger partial charge in [0.05, 0.1) is 12.2 Å². The van der Waals surface area contributed by atoms with Crippen LogP contribution in [0.3, 0.4) is 0 Å². The van der Waals surface area contributed by atoms with Crippen LogP contribution in [-0.4, -0.2) is 41.3 Å². The number of aromatic nitrogens is 1. The number of fused-ring (bicyclic) bond motifs is 1. The number of nitriles is 1. The molecular weight excluding hydrogens is 358 g/mol. The summed E-state index contributed by atoms with van der Waals surface area (Å²) < 4.78 is 5.11. The minimum Gasteiger partial charge on any atom is -0.465 e. The van der Waals surface area contributed by atoms with Gasteiger partial charge in [-0.3, -0.25) is 4.79 Å². The summed E-state index contributed by atoms with van der Waals surface area (Å²) in [6.07, 6.45) is 0.832. The summed E-state index contributed by atoms with van der Waals surface area (Å²) in [5, 5.41) is 10.1. The van der Waals surface area contributed by atoms with E-state index in [1.165, 1.54) is 11.8 Å². The average Bonchev–Trinajstić information content (AvgIpc) is 2.68. The van der Waals surface area contributed by atoms with E-state index >= 15 is 0 Å². The van der Waals surface area contributed by atoms with Crippen LogP contribution in [0.4, 0.5) is 0 Å². The molecule has 1 atom stereocenters. The maximum absolute atomic E-state index is 12.1. The number of benzene rings is 1. The van der Waals surface area contributed by atoms with Crippen LogP contribution < -0.4 is 0 Å². The lowest BCUT2D eigenvalue weighted by Gasteiger charge is -2.28. The van der Waals surface area contributed by atoms with Gasteiger partial charge in [0, 0.05) is 30.8 Å². The largest absolute Gasteiger partial charge is 0.465 e. The third-order valence-corrected chi connectivity index (χ3v) is 5.65. The van der Waals surface area contributed by atoms with Crippen LogP contribution in [0.1, 0.15) is 30.7 Å². The molecule has 6 heteroatoms. The second kappa shape index (κ2) is 8.55. The Labute approximate surface area is 164 Å². The van der Waals surface area contributed by atoms with Gasteiger partial charge in [-0.2, -0.15) is 5.26 Å². The Kier molecular flexibility index (Phi) is 6.15. The minimum absolute atomic E-state index is 0.285. The highest BCUT2D eigenvalue weighted by molar-refractivity contribution is 8.00. The maximum atomic E-state index is 12.1. The topological polar surface area (TPSA) is 66.2 Å². The Morgan fingerprint density at radius 1 is 1.41 bits per heavy atom. The molecule has 0 N–H and O–H groups in total. The molecule has 0 aliphatic carbocycles. The van der Waals surface area contributed by atoms with Gasteiger partial charge in [-0.05, 0) is 32.0 Å². The van der Waals surface area contributed by atoms with Crippen LogP contribution in [0.5, 0.6) is 0 Å². The van der Waals surface area contributed by atoms with E-state index in [-0.39, 0.29) is 5.97 Å². The van der Waals surface area contributed by atoms with Crippen molar-refractivity contribution in [1.82, 2.24) is 9.88 Å². The van der Waals surface area contributed by atoms with Crippen molar-refractivity contribution in [3.05, 3.63) is 47.2 Å². The quantitative estimate of drug-likeness (QED) is 0.582. The Morgan fingerprint density at radius 3 is 2.81 bits per heavy atom. The standard InChI is InChI=1S/C21H23N3O2S/c1-4-26-21(25)14(2)27-20-16(12-22)19(15-8-6-5-7-9-15)17-13-24(3)11-10-18(17)23-20/h5-9,14H,4,10-11,13H2,1-3H3. The van der Waals surface area contributed by atoms with E-state index in [0.29, 0.717) is 17.2 Å². The lowest BCUT2D eigenvalue weighted by Crippen LogP contribution is -2.28. The molecule has 0 fully saturated rings. The first kappa shape index (κ1) is 19.4. The molecule has 1 aliphatic rings. The second-order valence-corrected chi connectivity index (χ2v) is 7.90. The van der Waals surface area contributed by atoms with Crippen molar-refractivity contribution in [3.63, 3.8) is 0 Å². The van der Waals surface area contributed by atoms with Gasteiger partial charge in [-0.1, -0.05) is 42.1 Å². The van der Waals surface area contributed by atoms with Crippen molar-refractivity contribution in [1.29, 1.82) is 5.26 Å². The third kappa shape index (κ3) is 4.15. The summed E-state index contributed by atoms with van der Waals surface area (Å²) in [6, 6.07) is 12.3. The first-order chi connectivity index (χ1) is 13.0. The van der Waals surface area contributed by atoms with E-state index in [9.17, 15) is 10.1 Å². The van der Waals surface area contributed by atoms with Gasteiger partial charge in [0.15, 0.2) is 0 Å². The predicted molar refractivity (Wildman–Crippen MR) is 106 cm³/mol. The van der Waals surface area contributed by atoms with E-state index < -0.39 is 5.25 Å². The molecule has 0 radical (unpaired) electrons. The number of rotatable bonds is 5. The normalized spacial score (nSPS) is 14.9. The Hall–Kier alpha value is -2.36. The van der Waals surface area contributed by atoms with Crippen LogP contribution in [0, 0.1) is 11.3 Å². The van der Waals surface area contributed by atoms with E-state index in [1.807, 2.05) is 30.3 Å². The number of nitrogens with zero attached hydrogens (tertiary/aromatic N) is 3. The van der Waals surface area contributed by atoms with Gasteiger partial charge in [0.1, 0.15) is 16.3 Å². The summed E-state index contributed by atoms with van der Waals surface area (Å²) in [4.78, 5) is 19.1. The van der Waals surface area contributed by atoms with E-state index in [1.54, 1.807) is 13.8 Å². The zero-order chi connectivity index (χ0) is 19.4. The van der Waals surface area contributed by atoms with Crippen LogP contribution in [0.15, 0.2) is 35.4 Å². The van der Waals surface area contributed by atoms with Crippen LogP contribution >= 0.6 is 11.8 Å². The fourth-order valence-corrected chi connectivity index (χ4v) is 4.19.